The van der Waals surface area contributed by atoms with Gasteiger partial charge >= 0.3 is 0 Å². The molecule has 1 N–H and O–H groups in total. The largest absolute Gasteiger partial charge is 0.334 e. The number of nitrogens with one attached hydrogen (secondary N) is 1. The van der Waals surface area contributed by atoms with Gasteiger partial charge in [-0.15, -0.1) is 0 Å². The molecule has 0 aliphatic rings. The number of H-pyrrole nitrogens is 1. The first-order chi connectivity index (χ1) is 8.16. The average Bonchev–Trinajstić information content (AvgIpc) is 2.82. The molecule has 0 atom stereocenters. The lowest BCUT2D eigenvalue weighted by Gasteiger charge is -2.15. The minimum absolute atomic E-state index is 0.0298. The topological polar surface area (TPSA) is 61.9 Å². The number of carbonyl (C=O) groups excluding carboxylic acids is 1. The Morgan fingerprint density at radius 2 is 2.12 bits per heavy atom. The molecule has 0 aliphatic heterocycles. The Morgan fingerprint density at radius 3 is 2.71 bits per heavy atom. The number of hydrogen-bond acceptors (Lipinski definition) is 3. The number of rotatable bonds is 3. The number of halogens is 1. The predicted octanol–water partition coefficient (Wildman–Crippen LogP) is 1.68. The Labute approximate surface area is 112 Å². The van der Waals surface area contributed by atoms with Crippen LogP contribution in [0.2, 0.25) is 0 Å². The van der Waals surface area contributed by atoms with E-state index >= 15 is 0 Å². The van der Waals surface area contributed by atoms with Crippen LogP contribution < -0.4 is 0 Å². The Hall–Kier alpha value is -1.44. The molecule has 5 nitrogen and oxygen atoms in total. The van der Waals surface area contributed by atoms with Gasteiger partial charge in [-0.1, -0.05) is 0 Å². The van der Waals surface area contributed by atoms with E-state index in [1.165, 1.54) is 6.33 Å². The number of benzene rings is 1. The molecule has 1 heterocycles. The molecule has 6 heteroatoms. The molecule has 0 bridgehead atoms. The molecule has 88 valence electrons. The molecule has 0 radical (unpaired) electrons. The molecule has 0 saturated carbocycles. The summed E-state index contributed by atoms with van der Waals surface area (Å²) >= 11 is 2.21. The number of carbonyl (C=O) groups is 1. The summed E-state index contributed by atoms with van der Waals surface area (Å²) in [5.41, 5.74) is 0.674. The summed E-state index contributed by atoms with van der Waals surface area (Å²) in [6.45, 7) is 0.421. The monoisotopic (exact) mass is 342 g/mol. The van der Waals surface area contributed by atoms with Crippen molar-refractivity contribution in [2.24, 2.45) is 0 Å². The molecule has 1 amide bonds. The predicted molar refractivity (Wildman–Crippen MR) is 71.3 cm³/mol. The minimum atomic E-state index is -0.0298. The molecule has 2 aromatic rings. The van der Waals surface area contributed by atoms with E-state index in [1.807, 2.05) is 24.3 Å². The van der Waals surface area contributed by atoms with Crippen LogP contribution in [-0.4, -0.2) is 33.0 Å². The summed E-state index contributed by atoms with van der Waals surface area (Å²) in [6, 6.07) is 7.47. The van der Waals surface area contributed by atoms with Crippen LogP contribution in [0.5, 0.6) is 0 Å². The molecule has 2 rings (SSSR count). The molecular weight excluding hydrogens is 331 g/mol. The standard InChI is InChI=1S/C11H11IN4O/c1-16(6-10-13-7-14-15-10)11(17)8-2-4-9(12)5-3-8/h2-5,7H,6H2,1H3,(H,13,14,15). The molecule has 1 aromatic carbocycles. The van der Waals surface area contributed by atoms with Crippen LogP contribution in [0.3, 0.4) is 0 Å². The SMILES string of the molecule is CN(Cc1ncn[nH]1)C(=O)c1ccc(I)cc1. The normalized spacial score (nSPS) is 10.2. The van der Waals surface area contributed by atoms with Crippen molar-refractivity contribution < 1.29 is 4.79 Å². The third-order valence-corrected chi connectivity index (χ3v) is 3.01. The number of amides is 1. The van der Waals surface area contributed by atoms with Crippen molar-refractivity contribution in [1.82, 2.24) is 20.1 Å². The molecule has 0 spiro atoms. The molecule has 0 aliphatic carbocycles. The summed E-state index contributed by atoms with van der Waals surface area (Å²) in [5.74, 6) is 0.643. The van der Waals surface area contributed by atoms with Gasteiger partial charge in [0.1, 0.15) is 12.2 Å². The fraction of sp³-hybridized carbons (Fsp3) is 0.182. The van der Waals surface area contributed by atoms with Crippen LogP contribution in [0.25, 0.3) is 0 Å². The Morgan fingerprint density at radius 1 is 1.41 bits per heavy atom. The Bertz CT molecular complexity index is 495. The third kappa shape index (κ3) is 3.02. The highest BCUT2D eigenvalue weighted by atomic mass is 127. The molecule has 0 unspecified atom stereocenters. The van der Waals surface area contributed by atoms with Crippen molar-refractivity contribution in [2.45, 2.75) is 6.54 Å². The van der Waals surface area contributed by atoms with Gasteiger partial charge in [-0.2, -0.15) is 5.10 Å². The van der Waals surface area contributed by atoms with E-state index in [0.717, 1.165) is 3.57 Å². The van der Waals surface area contributed by atoms with Gasteiger partial charge in [-0.3, -0.25) is 9.89 Å². The maximum atomic E-state index is 12.0. The van der Waals surface area contributed by atoms with Crippen LogP contribution in [0, 0.1) is 3.57 Å². The highest BCUT2D eigenvalue weighted by molar-refractivity contribution is 14.1. The number of nitrogens with zero attached hydrogens (tertiary/aromatic N) is 3. The van der Waals surface area contributed by atoms with E-state index in [0.29, 0.717) is 17.9 Å². The van der Waals surface area contributed by atoms with Gasteiger partial charge in [0, 0.05) is 16.2 Å². The minimum Gasteiger partial charge on any atom is -0.334 e. The van der Waals surface area contributed by atoms with E-state index in [2.05, 4.69) is 37.8 Å². The smallest absolute Gasteiger partial charge is 0.254 e. The summed E-state index contributed by atoms with van der Waals surface area (Å²) in [5, 5.41) is 6.47. The molecular formula is C11H11IN4O. The second kappa shape index (κ2) is 5.26. The van der Waals surface area contributed by atoms with Crippen LogP contribution in [0.1, 0.15) is 16.2 Å². The van der Waals surface area contributed by atoms with Gasteiger partial charge in [0.2, 0.25) is 0 Å². The first-order valence-electron chi connectivity index (χ1n) is 5.02. The second-order valence-electron chi connectivity index (χ2n) is 3.60. The Kier molecular flexibility index (Phi) is 3.72. The highest BCUT2D eigenvalue weighted by Gasteiger charge is 2.12. The van der Waals surface area contributed by atoms with E-state index in [9.17, 15) is 4.79 Å². The zero-order valence-electron chi connectivity index (χ0n) is 9.22. The van der Waals surface area contributed by atoms with Gasteiger partial charge in [-0.05, 0) is 46.9 Å². The van der Waals surface area contributed by atoms with Gasteiger partial charge in [0.15, 0.2) is 0 Å². The number of aromatic amines is 1. The van der Waals surface area contributed by atoms with Crippen molar-refractivity contribution in [3.05, 3.63) is 45.6 Å². The van der Waals surface area contributed by atoms with Gasteiger partial charge < -0.3 is 4.90 Å². The molecule has 0 fully saturated rings. The summed E-state index contributed by atoms with van der Waals surface area (Å²) in [6.07, 6.45) is 1.43. The third-order valence-electron chi connectivity index (χ3n) is 2.29. The molecule has 17 heavy (non-hydrogen) atoms. The lowest BCUT2D eigenvalue weighted by molar-refractivity contribution is 0.0781. The van der Waals surface area contributed by atoms with E-state index in [4.69, 9.17) is 0 Å². The maximum absolute atomic E-state index is 12.0. The van der Waals surface area contributed by atoms with Crippen molar-refractivity contribution in [2.75, 3.05) is 7.05 Å². The van der Waals surface area contributed by atoms with Crippen LogP contribution in [0.15, 0.2) is 30.6 Å². The fourth-order valence-electron chi connectivity index (χ4n) is 1.42. The van der Waals surface area contributed by atoms with Gasteiger partial charge in [0.05, 0.1) is 6.54 Å². The summed E-state index contributed by atoms with van der Waals surface area (Å²) < 4.78 is 1.11. The van der Waals surface area contributed by atoms with Crippen molar-refractivity contribution in [3.8, 4) is 0 Å². The van der Waals surface area contributed by atoms with E-state index in [-0.39, 0.29) is 5.91 Å². The molecule has 0 saturated heterocycles. The Balaban J connectivity index is 2.07. The quantitative estimate of drug-likeness (QED) is 0.864. The van der Waals surface area contributed by atoms with Crippen LogP contribution in [-0.2, 0) is 6.54 Å². The van der Waals surface area contributed by atoms with Crippen molar-refractivity contribution in [3.63, 3.8) is 0 Å². The van der Waals surface area contributed by atoms with E-state index in [1.54, 1.807) is 11.9 Å². The van der Waals surface area contributed by atoms with Gasteiger partial charge in [-0.25, -0.2) is 4.98 Å². The zero-order valence-corrected chi connectivity index (χ0v) is 11.4. The van der Waals surface area contributed by atoms with Crippen molar-refractivity contribution >= 4 is 28.5 Å². The lowest BCUT2D eigenvalue weighted by Crippen LogP contribution is -2.26. The van der Waals surface area contributed by atoms with E-state index < -0.39 is 0 Å². The fourth-order valence-corrected chi connectivity index (χ4v) is 1.78. The van der Waals surface area contributed by atoms with Crippen molar-refractivity contribution in [1.29, 1.82) is 0 Å². The first kappa shape index (κ1) is 12.0. The number of aromatic nitrogens is 3. The van der Waals surface area contributed by atoms with Crippen LogP contribution in [0.4, 0.5) is 0 Å². The zero-order chi connectivity index (χ0) is 12.3. The molecule has 1 aromatic heterocycles. The lowest BCUT2D eigenvalue weighted by atomic mass is 10.2. The van der Waals surface area contributed by atoms with Gasteiger partial charge in [0.25, 0.3) is 5.91 Å². The summed E-state index contributed by atoms with van der Waals surface area (Å²) in [4.78, 5) is 17.6. The first-order valence-corrected chi connectivity index (χ1v) is 6.10. The highest BCUT2D eigenvalue weighted by Crippen LogP contribution is 2.09. The maximum Gasteiger partial charge on any atom is 0.254 e. The van der Waals surface area contributed by atoms with Crippen LogP contribution >= 0.6 is 22.6 Å². The second-order valence-corrected chi connectivity index (χ2v) is 4.85. The average molecular weight is 342 g/mol. The number of hydrogen-bond donors (Lipinski definition) is 1. The summed E-state index contributed by atoms with van der Waals surface area (Å²) in [7, 11) is 1.74.